The maximum atomic E-state index is 6.03. The molecule has 0 radical (unpaired) electrons. The van der Waals surface area contributed by atoms with Gasteiger partial charge >= 0.3 is 7.12 Å². The minimum atomic E-state index is -0.405. The van der Waals surface area contributed by atoms with Gasteiger partial charge in [-0.25, -0.2) is 0 Å². The van der Waals surface area contributed by atoms with E-state index in [1.807, 2.05) is 40.8 Å². The van der Waals surface area contributed by atoms with Crippen molar-refractivity contribution < 1.29 is 9.31 Å². The molecule has 0 aromatic carbocycles. The molecule has 1 saturated heterocycles. The first kappa shape index (κ1) is 15.5. The van der Waals surface area contributed by atoms with Crippen molar-refractivity contribution in [2.75, 3.05) is 11.5 Å². The second kappa shape index (κ2) is 5.13. The zero-order valence-electron chi connectivity index (χ0n) is 12.7. The maximum Gasteiger partial charge on any atom is 0.491 e. The van der Waals surface area contributed by atoms with E-state index in [0.717, 1.165) is 11.0 Å². The first-order valence-electron chi connectivity index (χ1n) is 6.62. The highest BCUT2D eigenvalue weighted by atomic mass is 32.1. The van der Waals surface area contributed by atoms with Crippen molar-refractivity contribution >= 4 is 31.6 Å². The Balaban J connectivity index is 2.29. The van der Waals surface area contributed by atoms with Crippen LogP contribution in [0, 0.1) is 0 Å². The molecule has 1 aliphatic rings. The quantitative estimate of drug-likeness (QED) is 0.661. The van der Waals surface area contributed by atoms with Gasteiger partial charge in [-0.2, -0.15) is 17.7 Å². The number of rotatable bonds is 3. The van der Waals surface area contributed by atoms with Crippen LogP contribution in [0.3, 0.4) is 0 Å². The van der Waals surface area contributed by atoms with Crippen molar-refractivity contribution in [3.05, 3.63) is 17.2 Å². The van der Waals surface area contributed by atoms with Gasteiger partial charge in [0.25, 0.3) is 0 Å². The molecule has 2 rings (SSSR count). The Morgan fingerprint density at radius 3 is 2.35 bits per heavy atom. The van der Waals surface area contributed by atoms with E-state index in [1.54, 1.807) is 10.9 Å². The molecular weight excluding hydrogens is 273 g/mol. The van der Waals surface area contributed by atoms with E-state index in [-0.39, 0.29) is 11.2 Å². The Labute approximate surface area is 126 Å². The monoisotopic (exact) mass is 295 g/mol. The van der Waals surface area contributed by atoms with Gasteiger partial charge in [-0.3, -0.25) is 4.68 Å². The molecule has 1 aliphatic heterocycles. The van der Waals surface area contributed by atoms with Crippen LogP contribution in [0.5, 0.6) is 0 Å². The van der Waals surface area contributed by atoms with E-state index in [2.05, 4.69) is 17.7 Å². The van der Waals surface area contributed by atoms with Gasteiger partial charge in [0.15, 0.2) is 0 Å². The molecule has 0 amide bonds. The molecule has 20 heavy (non-hydrogen) atoms. The Kier molecular flexibility index (Phi) is 3.97. The van der Waals surface area contributed by atoms with Crippen molar-refractivity contribution in [1.29, 1.82) is 0 Å². The van der Waals surface area contributed by atoms with Gasteiger partial charge in [0.05, 0.1) is 17.4 Å². The number of anilines is 1. The number of thiol groups is 1. The van der Waals surface area contributed by atoms with Crippen molar-refractivity contribution in [3.63, 3.8) is 0 Å². The van der Waals surface area contributed by atoms with Crippen LogP contribution in [0.15, 0.2) is 11.7 Å². The van der Waals surface area contributed by atoms with Gasteiger partial charge < -0.3 is 15.0 Å². The third-order valence-electron chi connectivity index (χ3n) is 4.09. The zero-order valence-corrected chi connectivity index (χ0v) is 13.6. The summed E-state index contributed by atoms with van der Waals surface area (Å²) >= 11 is 4.38. The van der Waals surface area contributed by atoms with E-state index >= 15 is 0 Å². The van der Waals surface area contributed by atoms with Gasteiger partial charge in [-0.05, 0) is 33.2 Å². The molecule has 0 spiro atoms. The molecule has 0 aliphatic carbocycles. The van der Waals surface area contributed by atoms with Crippen LogP contribution in [-0.2, 0) is 16.4 Å². The first-order valence-corrected chi connectivity index (χ1v) is 7.25. The molecule has 1 aromatic rings. The van der Waals surface area contributed by atoms with Gasteiger partial charge in [-0.1, -0.05) is 6.08 Å². The lowest BCUT2D eigenvalue weighted by Gasteiger charge is -2.32. The standard InChI is InChI=1S/C13H22BN3O2S/c1-12(2)13(3,4)19-14(18-12)10(8-20)6-9-7-16-17(5)11(9)15/h6-7,20H,8,15H2,1-5H3. The number of nitrogen functional groups attached to an aromatic ring is 1. The topological polar surface area (TPSA) is 62.3 Å². The maximum absolute atomic E-state index is 6.03. The smallest absolute Gasteiger partial charge is 0.400 e. The van der Waals surface area contributed by atoms with Crippen LogP contribution >= 0.6 is 12.6 Å². The Morgan fingerprint density at radius 1 is 1.40 bits per heavy atom. The fourth-order valence-corrected chi connectivity index (χ4v) is 2.20. The highest BCUT2D eigenvalue weighted by Gasteiger charge is 2.52. The summed E-state index contributed by atoms with van der Waals surface area (Å²) in [7, 11) is 1.40. The van der Waals surface area contributed by atoms with Crippen molar-refractivity contribution in [1.82, 2.24) is 9.78 Å². The van der Waals surface area contributed by atoms with Gasteiger partial charge in [0.2, 0.25) is 0 Å². The molecule has 0 bridgehead atoms. The van der Waals surface area contributed by atoms with Crippen LogP contribution in [0.4, 0.5) is 5.82 Å². The summed E-state index contributed by atoms with van der Waals surface area (Å²) in [4.78, 5) is 0. The van der Waals surface area contributed by atoms with E-state index in [4.69, 9.17) is 15.0 Å². The lowest BCUT2D eigenvalue weighted by Crippen LogP contribution is -2.41. The van der Waals surface area contributed by atoms with Crippen molar-refractivity contribution in [3.8, 4) is 0 Å². The summed E-state index contributed by atoms with van der Waals surface area (Å²) < 4.78 is 13.7. The number of hydrogen-bond acceptors (Lipinski definition) is 5. The predicted molar refractivity (Wildman–Crippen MR) is 85.5 cm³/mol. The second-order valence-corrected chi connectivity index (χ2v) is 6.39. The lowest BCUT2D eigenvalue weighted by atomic mass is 9.78. The summed E-state index contributed by atoms with van der Waals surface area (Å²) in [5, 5.41) is 4.13. The SMILES string of the molecule is Cn1ncc(C=C(CS)B2OC(C)(C)C(C)(C)O2)c1N. The van der Waals surface area contributed by atoms with Gasteiger partial charge in [0, 0.05) is 18.4 Å². The van der Waals surface area contributed by atoms with Gasteiger partial charge in [0.1, 0.15) is 5.82 Å². The van der Waals surface area contributed by atoms with Crippen LogP contribution in [0.2, 0.25) is 0 Å². The highest BCUT2D eigenvalue weighted by molar-refractivity contribution is 7.80. The van der Waals surface area contributed by atoms with E-state index in [1.165, 1.54) is 0 Å². The summed E-state index contributed by atoms with van der Waals surface area (Å²) in [5.74, 6) is 1.14. The molecule has 0 atom stereocenters. The number of nitrogens with zero attached hydrogens (tertiary/aromatic N) is 2. The number of aryl methyl sites for hydroxylation is 1. The molecule has 110 valence electrons. The summed E-state index contributed by atoms with van der Waals surface area (Å²) in [6, 6.07) is 0. The Hall–Kier alpha value is -0.915. The van der Waals surface area contributed by atoms with Crippen molar-refractivity contribution in [2.45, 2.75) is 38.9 Å². The van der Waals surface area contributed by atoms with E-state index in [9.17, 15) is 0 Å². The second-order valence-electron chi connectivity index (χ2n) is 6.07. The Morgan fingerprint density at radius 2 is 1.95 bits per heavy atom. The third-order valence-corrected chi connectivity index (χ3v) is 4.46. The summed E-state index contributed by atoms with van der Waals surface area (Å²) in [6.45, 7) is 8.12. The third kappa shape index (κ3) is 2.62. The first-order chi connectivity index (χ1) is 9.18. The number of aromatic nitrogens is 2. The molecule has 2 N–H and O–H groups in total. The van der Waals surface area contributed by atoms with Crippen LogP contribution in [0.25, 0.3) is 6.08 Å². The lowest BCUT2D eigenvalue weighted by molar-refractivity contribution is 0.00578. The molecule has 1 fully saturated rings. The molecule has 1 aromatic heterocycles. The molecule has 5 nitrogen and oxygen atoms in total. The largest absolute Gasteiger partial charge is 0.491 e. The summed E-state index contributed by atoms with van der Waals surface area (Å²) in [5.41, 5.74) is 7.03. The van der Waals surface area contributed by atoms with Crippen molar-refractivity contribution in [2.24, 2.45) is 7.05 Å². The van der Waals surface area contributed by atoms with E-state index in [0.29, 0.717) is 11.6 Å². The number of hydrogen-bond donors (Lipinski definition) is 2. The fourth-order valence-electron chi connectivity index (χ4n) is 1.96. The average molecular weight is 295 g/mol. The molecular formula is C13H22BN3O2S. The predicted octanol–water partition coefficient (Wildman–Crippen LogP) is 1.95. The van der Waals surface area contributed by atoms with Gasteiger partial charge in [-0.15, -0.1) is 0 Å². The molecule has 0 saturated carbocycles. The average Bonchev–Trinajstić information content (AvgIpc) is 2.76. The molecule has 0 unspecified atom stereocenters. The van der Waals surface area contributed by atoms with Crippen LogP contribution in [0.1, 0.15) is 33.3 Å². The highest BCUT2D eigenvalue weighted by Crippen LogP contribution is 2.39. The van der Waals surface area contributed by atoms with E-state index < -0.39 is 7.12 Å². The zero-order chi connectivity index (χ0) is 15.1. The minimum absolute atomic E-state index is 0.361. The Bertz CT molecular complexity index is 524. The molecule has 7 heteroatoms. The summed E-state index contributed by atoms with van der Waals surface area (Å²) in [6.07, 6.45) is 3.67. The minimum Gasteiger partial charge on any atom is -0.400 e. The van der Waals surface area contributed by atoms with Crippen LogP contribution in [-0.4, -0.2) is 33.9 Å². The normalized spacial score (nSPS) is 21.5. The number of nitrogens with two attached hydrogens (primary N) is 1. The van der Waals surface area contributed by atoms with Crippen LogP contribution < -0.4 is 5.73 Å². The fraction of sp³-hybridized carbons (Fsp3) is 0.615. The molecule has 2 heterocycles.